The number of hydrogen-bond acceptors (Lipinski definition) is 6. The first kappa shape index (κ1) is 30.3. The van der Waals surface area contributed by atoms with Crippen molar-refractivity contribution in [1.82, 2.24) is 19.7 Å². The van der Waals surface area contributed by atoms with E-state index < -0.39 is 41.4 Å². The zero-order valence-electron chi connectivity index (χ0n) is 23.3. The Balaban J connectivity index is 1.48. The number of aromatic nitrogens is 3. The van der Waals surface area contributed by atoms with Gasteiger partial charge < -0.3 is 19.3 Å². The van der Waals surface area contributed by atoms with Gasteiger partial charge in [-0.2, -0.15) is 36.4 Å². The smallest absolute Gasteiger partial charge is 0.348 e. The Morgan fingerprint density at radius 3 is 2.21 bits per heavy atom. The summed E-state index contributed by atoms with van der Waals surface area (Å²) in [6.07, 6.45) is -8.39. The third-order valence-electron chi connectivity index (χ3n) is 8.03. The zero-order chi connectivity index (χ0) is 30.1. The van der Waals surface area contributed by atoms with E-state index in [0.717, 1.165) is 38.0 Å². The fourth-order valence-corrected chi connectivity index (χ4v) is 5.66. The summed E-state index contributed by atoms with van der Waals surface area (Å²) in [5, 5.41) is 4.45. The average Bonchev–Trinajstić information content (AvgIpc) is 3.64. The Morgan fingerprint density at radius 2 is 1.60 bits per heavy atom. The van der Waals surface area contributed by atoms with Crippen LogP contribution in [0.4, 0.5) is 32.3 Å². The minimum absolute atomic E-state index is 0.109. The molecule has 3 heterocycles. The van der Waals surface area contributed by atoms with Gasteiger partial charge in [-0.15, -0.1) is 0 Å². The topological polar surface area (TPSA) is 55.7 Å². The van der Waals surface area contributed by atoms with Crippen molar-refractivity contribution in [2.24, 2.45) is 0 Å². The predicted molar refractivity (Wildman–Crippen MR) is 143 cm³/mol. The van der Waals surface area contributed by atoms with Crippen LogP contribution in [0.25, 0.3) is 0 Å². The van der Waals surface area contributed by atoms with Crippen molar-refractivity contribution in [3.63, 3.8) is 0 Å². The summed E-state index contributed by atoms with van der Waals surface area (Å²) < 4.78 is 95.4. The van der Waals surface area contributed by atoms with Gasteiger partial charge >= 0.3 is 12.4 Å². The lowest BCUT2D eigenvalue weighted by atomic mass is 9.88. The van der Waals surface area contributed by atoms with Crippen molar-refractivity contribution >= 4 is 5.95 Å². The highest BCUT2D eigenvalue weighted by atomic mass is 19.4. The van der Waals surface area contributed by atoms with Crippen LogP contribution in [0.1, 0.15) is 55.0 Å². The van der Waals surface area contributed by atoms with Crippen LogP contribution in [0, 0.1) is 0 Å². The number of morpholine rings is 1. The molecule has 0 amide bonds. The molecule has 7 nitrogen and oxygen atoms in total. The van der Waals surface area contributed by atoms with Gasteiger partial charge in [0, 0.05) is 13.1 Å². The summed E-state index contributed by atoms with van der Waals surface area (Å²) in [5.41, 5.74) is -3.34. The van der Waals surface area contributed by atoms with Crippen molar-refractivity contribution in [2.45, 2.75) is 63.5 Å². The molecule has 2 aliphatic heterocycles. The summed E-state index contributed by atoms with van der Waals surface area (Å²) in [7, 11) is 0. The van der Waals surface area contributed by atoms with Crippen LogP contribution in [-0.4, -0.2) is 58.7 Å². The second-order valence-corrected chi connectivity index (χ2v) is 10.8. The number of likely N-dealkylation sites (tertiary alicyclic amines) is 1. The first-order valence-corrected chi connectivity index (χ1v) is 13.9. The number of benzene rings is 2. The number of nitrogens with zero attached hydrogens (tertiary/aromatic N) is 5. The maximum Gasteiger partial charge on any atom is 0.416 e. The Kier molecular flexibility index (Phi) is 8.55. The molecule has 42 heavy (non-hydrogen) atoms. The van der Waals surface area contributed by atoms with Crippen molar-refractivity contribution in [2.75, 3.05) is 37.7 Å². The van der Waals surface area contributed by atoms with Crippen LogP contribution in [0.15, 0.2) is 54.9 Å². The van der Waals surface area contributed by atoms with Crippen molar-refractivity contribution in [3.05, 3.63) is 77.1 Å². The van der Waals surface area contributed by atoms with Gasteiger partial charge in [0.05, 0.1) is 30.4 Å². The Morgan fingerprint density at radius 1 is 0.952 bits per heavy atom. The monoisotopic (exact) mass is 597 g/mol. The molecule has 0 spiro atoms. The fourth-order valence-electron chi connectivity index (χ4n) is 5.66. The normalized spacial score (nSPS) is 23.0. The molecule has 2 aromatic carbocycles. The van der Waals surface area contributed by atoms with Gasteiger partial charge in [0.1, 0.15) is 11.9 Å². The standard InChI is InChI=1S/C29H33F6N5O2/c1-20(21-16-23(28(30,31)32)18-24(17-21)29(33,34)35)42-25-27(2,22-8-4-3-5-9-22)39(14-15-41-25)26-36-19-37-40(26)13-12-38-10-6-7-11-38/h3-5,8-9,16-20,25H,6-7,10-15H2,1-2H3/t20-,25-,27+/m1/s1. The summed E-state index contributed by atoms with van der Waals surface area (Å²) >= 11 is 0. The molecule has 2 saturated heterocycles. The van der Waals surface area contributed by atoms with E-state index in [0.29, 0.717) is 31.2 Å². The van der Waals surface area contributed by atoms with Gasteiger partial charge in [-0.1, -0.05) is 30.3 Å². The van der Waals surface area contributed by atoms with Gasteiger partial charge in [0.15, 0.2) is 6.29 Å². The van der Waals surface area contributed by atoms with Crippen molar-refractivity contribution in [1.29, 1.82) is 0 Å². The molecule has 1 aromatic heterocycles. The van der Waals surface area contributed by atoms with E-state index >= 15 is 0 Å². The van der Waals surface area contributed by atoms with Crippen LogP contribution in [0.2, 0.25) is 0 Å². The van der Waals surface area contributed by atoms with Crippen LogP contribution in [0.5, 0.6) is 0 Å². The van der Waals surface area contributed by atoms with E-state index in [1.165, 1.54) is 13.3 Å². The summed E-state index contributed by atoms with van der Waals surface area (Å²) in [4.78, 5) is 8.91. The minimum Gasteiger partial charge on any atom is -0.348 e. The Bertz CT molecular complexity index is 1310. The molecule has 3 aromatic rings. The molecule has 13 heteroatoms. The summed E-state index contributed by atoms with van der Waals surface area (Å²) in [6.45, 7) is 7.35. The van der Waals surface area contributed by atoms with E-state index in [4.69, 9.17) is 9.47 Å². The SMILES string of the molecule is C[C@@H](O[C@H]1OCCN(c2ncnn2CCN2CCCC2)[C@@]1(C)c1ccccc1)c1cc(C(F)(F)F)cc(C(F)(F)F)c1. The minimum atomic E-state index is -4.97. The first-order chi connectivity index (χ1) is 19.9. The Hall–Kier alpha value is -3.16. The summed E-state index contributed by atoms with van der Waals surface area (Å²) in [6, 6.07) is 10.8. The van der Waals surface area contributed by atoms with E-state index in [9.17, 15) is 26.3 Å². The van der Waals surface area contributed by atoms with Crippen LogP contribution < -0.4 is 4.90 Å². The molecule has 0 aliphatic carbocycles. The molecule has 3 atom stereocenters. The van der Waals surface area contributed by atoms with Gasteiger partial charge in [-0.3, -0.25) is 0 Å². The number of rotatable bonds is 8. The molecule has 0 N–H and O–H groups in total. The molecule has 0 saturated carbocycles. The van der Waals surface area contributed by atoms with Crippen LogP contribution in [0.3, 0.4) is 0 Å². The number of anilines is 1. The van der Waals surface area contributed by atoms with Gasteiger partial charge in [0.25, 0.3) is 0 Å². The van der Waals surface area contributed by atoms with Gasteiger partial charge in [-0.05, 0) is 69.1 Å². The van der Waals surface area contributed by atoms with Crippen molar-refractivity contribution < 1.29 is 35.8 Å². The fraction of sp³-hybridized carbons (Fsp3) is 0.517. The predicted octanol–water partition coefficient (Wildman–Crippen LogP) is 6.27. The third kappa shape index (κ3) is 6.28. The summed E-state index contributed by atoms with van der Waals surface area (Å²) in [5.74, 6) is 0.573. The van der Waals surface area contributed by atoms with Gasteiger partial charge in [-0.25, -0.2) is 4.68 Å². The quantitative estimate of drug-likeness (QED) is 0.286. The molecule has 228 valence electrons. The van der Waals surface area contributed by atoms with E-state index in [1.54, 1.807) is 0 Å². The molecule has 5 rings (SSSR count). The number of alkyl halides is 6. The molecular formula is C29H33F6N5O2. The molecule has 0 unspecified atom stereocenters. The van der Waals surface area contributed by atoms with Crippen LogP contribution in [-0.2, 0) is 33.9 Å². The lowest BCUT2D eigenvalue weighted by molar-refractivity contribution is -0.217. The number of hydrogen-bond donors (Lipinski definition) is 0. The average molecular weight is 598 g/mol. The highest BCUT2D eigenvalue weighted by Gasteiger charge is 2.49. The van der Waals surface area contributed by atoms with Crippen molar-refractivity contribution in [3.8, 4) is 0 Å². The molecule has 2 fully saturated rings. The highest BCUT2D eigenvalue weighted by molar-refractivity contribution is 5.43. The number of ether oxygens (including phenoxy) is 2. The third-order valence-corrected chi connectivity index (χ3v) is 8.03. The molecule has 0 bridgehead atoms. The lowest BCUT2D eigenvalue weighted by Crippen LogP contribution is -2.60. The highest BCUT2D eigenvalue weighted by Crippen LogP contribution is 2.43. The largest absolute Gasteiger partial charge is 0.416 e. The second-order valence-electron chi connectivity index (χ2n) is 10.8. The van der Waals surface area contributed by atoms with E-state index in [-0.39, 0.29) is 18.2 Å². The molecular weight excluding hydrogens is 564 g/mol. The van der Waals surface area contributed by atoms with E-state index in [1.807, 2.05) is 46.8 Å². The first-order valence-electron chi connectivity index (χ1n) is 13.9. The van der Waals surface area contributed by atoms with E-state index in [2.05, 4.69) is 15.0 Å². The molecule has 2 aliphatic rings. The molecule has 0 radical (unpaired) electrons. The van der Waals surface area contributed by atoms with Gasteiger partial charge in [0.2, 0.25) is 5.95 Å². The maximum absolute atomic E-state index is 13.6. The lowest BCUT2D eigenvalue weighted by Gasteiger charge is -2.50. The zero-order valence-corrected chi connectivity index (χ0v) is 23.3. The van der Waals surface area contributed by atoms with Crippen LogP contribution >= 0.6 is 0 Å². The Labute approximate surface area is 240 Å². The second kappa shape index (κ2) is 11.8. The number of halogens is 6. The maximum atomic E-state index is 13.6.